The monoisotopic (exact) mass is 200 g/mol. The zero-order valence-electron chi connectivity index (χ0n) is 10.2. The summed E-state index contributed by atoms with van der Waals surface area (Å²) in [6.07, 6.45) is 1.51. The van der Waals surface area contributed by atoms with Crippen molar-refractivity contribution in [3.63, 3.8) is 0 Å². The van der Waals surface area contributed by atoms with Gasteiger partial charge < -0.3 is 4.74 Å². The van der Waals surface area contributed by atoms with Crippen molar-refractivity contribution in [3.05, 3.63) is 0 Å². The highest BCUT2D eigenvalue weighted by molar-refractivity contribution is 5.83. The fourth-order valence-corrected chi connectivity index (χ4v) is 1.44. The van der Waals surface area contributed by atoms with Crippen LogP contribution in [0.15, 0.2) is 0 Å². The minimum absolute atomic E-state index is 0.200. The Balaban J connectivity index is 4.15. The van der Waals surface area contributed by atoms with E-state index in [1.807, 2.05) is 20.8 Å². The molecule has 84 valence electrons. The summed E-state index contributed by atoms with van der Waals surface area (Å²) in [4.78, 5) is 11.8. The lowest BCUT2D eigenvalue weighted by molar-refractivity contribution is -0.133. The molecule has 0 fully saturated rings. The first-order valence-corrected chi connectivity index (χ1v) is 5.67. The van der Waals surface area contributed by atoms with Gasteiger partial charge >= 0.3 is 0 Å². The molecule has 0 rings (SSSR count). The van der Waals surface area contributed by atoms with Gasteiger partial charge in [0.15, 0.2) is 5.78 Å². The molecular weight excluding hydrogens is 176 g/mol. The number of Topliss-reactive ketones (excluding diaryl/α,β-unsaturated/α-hetero) is 1. The molecule has 0 amide bonds. The van der Waals surface area contributed by atoms with Gasteiger partial charge in [0.25, 0.3) is 0 Å². The molecule has 0 radical (unpaired) electrons. The van der Waals surface area contributed by atoms with Crippen LogP contribution in [0, 0.1) is 11.8 Å². The van der Waals surface area contributed by atoms with Crippen LogP contribution in [0.1, 0.15) is 47.5 Å². The maximum absolute atomic E-state index is 11.8. The molecule has 2 nitrogen and oxygen atoms in total. The SMILES string of the molecule is CCOC(C(=O)CC(C)CC)C(C)C. The normalized spacial score (nSPS) is 15.6. The second-order valence-corrected chi connectivity index (χ2v) is 4.30. The maximum Gasteiger partial charge on any atom is 0.162 e. The van der Waals surface area contributed by atoms with Gasteiger partial charge in [0.05, 0.1) is 0 Å². The molecule has 0 aromatic heterocycles. The summed E-state index contributed by atoms with van der Waals surface area (Å²) in [5.41, 5.74) is 0. The van der Waals surface area contributed by atoms with Gasteiger partial charge in [-0.3, -0.25) is 4.79 Å². The fraction of sp³-hybridized carbons (Fsp3) is 0.917. The Bertz CT molecular complexity index is 164. The average Bonchev–Trinajstić information content (AvgIpc) is 2.13. The quantitative estimate of drug-likeness (QED) is 0.631. The van der Waals surface area contributed by atoms with Crippen LogP contribution >= 0.6 is 0 Å². The van der Waals surface area contributed by atoms with Crippen molar-refractivity contribution in [3.8, 4) is 0 Å². The fourth-order valence-electron chi connectivity index (χ4n) is 1.44. The smallest absolute Gasteiger partial charge is 0.162 e. The summed E-state index contributed by atoms with van der Waals surface area (Å²) in [7, 11) is 0. The minimum Gasteiger partial charge on any atom is -0.370 e. The molecule has 0 N–H and O–H groups in total. The summed E-state index contributed by atoms with van der Waals surface area (Å²) in [6.45, 7) is 10.9. The van der Waals surface area contributed by atoms with Gasteiger partial charge in [0.1, 0.15) is 6.10 Å². The van der Waals surface area contributed by atoms with Crippen LogP contribution in [0.3, 0.4) is 0 Å². The molecule has 0 aliphatic heterocycles. The van der Waals surface area contributed by atoms with E-state index in [0.29, 0.717) is 18.9 Å². The molecule has 14 heavy (non-hydrogen) atoms. The van der Waals surface area contributed by atoms with Crippen LogP contribution < -0.4 is 0 Å². The summed E-state index contributed by atoms with van der Waals surface area (Å²) in [5.74, 6) is 1.02. The number of carbonyl (C=O) groups is 1. The van der Waals surface area contributed by atoms with Gasteiger partial charge in [-0.15, -0.1) is 0 Å². The third kappa shape index (κ3) is 4.75. The molecule has 2 atom stereocenters. The van der Waals surface area contributed by atoms with E-state index in [1.54, 1.807) is 0 Å². The molecule has 0 aliphatic rings. The highest BCUT2D eigenvalue weighted by Gasteiger charge is 2.23. The van der Waals surface area contributed by atoms with E-state index < -0.39 is 0 Å². The third-order valence-electron chi connectivity index (χ3n) is 2.52. The van der Waals surface area contributed by atoms with Gasteiger partial charge in [0.2, 0.25) is 0 Å². The summed E-state index contributed by atoms with van der Waals surface area (Å²) in [5, 5.41) is 0. The average molecular weight is 200 g/mol. The lowest BCUT2D eigenvalue weighted by atomic mass is 9.94. The number of ketones is 1. The molecule has 0 spiro atoms. The third-order valence-corrected chi connectivity index (χ3v) is 2.52. The highest BCUT2D eigenvalue weighted by atomic mass is 16.5. The Morgan fingerprint density at radius 3 is 2.14 bits per heavy atom. The van der Waals surface area contributed by atoms with Crippen molar-refractivity contribution in [2.45, 2.75) is 53.6 Å². The molecule has 2 heteroatoms. The van der Waals surface area contributed by atoms with Crippen LogP contribution in [0.5, 0.6) is 0 Å². The van der Waals surface area contributed by atoms with Gasteiger partial charge in [-0.2, -0.15) is 0 Å². The second-order valence-electron chi connectivity index (χ2n) is 4.30. The molecule has 0 heterocycles. The van der Waals surface area contributed by atoms with Crippen LogP contribution in [-0.2, 0) is 9.53 Å². The molecule has 0 bridgehead atoms. The highest BCUT2D eigenvalue weighted by Crippen LogP contribution is 2.15. The zero-order chi connectivity index (χ0) is 11.1. The van der Waals surface area contributed by atoms with E-state index in [9.17, 15) is 4.79 Å². The first-order valence-electron chi connectivity index (χ1n) is 5.67. The predicted molar refractivity (Wildman–Crippen MR) is 59.3 cm³/mol. The maximum atomic E-state index is 11.8. The van der Waals surface area contributed by atoms with E-state index in [4.69, 9.17) is 4.74 Å². The Labute approximate surface area is 88.0 Å². The van der Waals surface area contributed by atoms with Crippen molar-refractivity contribution in [2.24, 2.45) is 11.8 Å². The lowest BCUT2D eigenvalue weighted by Gasteiger charge is -2.20. The predicted octanol–water partition coefficient (Wildman–Crippen LogP) is 3.05. The van der Waals surface area contributed by atoms with Crippen molar-refractivity contribution >= 4 is 5.78 Å². The van der Waals surface area contributed by atoms with Crippen LogP contribution in [0.4, 0.5) is 0 Å². The molecule has 2 unspecified atom stereocenters. The zero-order valence-corrected chi connectivity index (χ0v) is 10.2. The molecular formula is C12H24O2. The molecule has 0 saturated carbocycles. The Hall–Kier alpha value is -0.370. The van der Waals surface area contributed by atoms with E-state index in [-0.39, 0.29) is 17.8 Å². The van der Waals surface area contributed by atoms with E-state index in [2.05, 4.69) is 13.8 Å². The minimum atomic E-state index is -0.200. The Morgan fingerprint density at radius 1 is 1.21 bits per heavy atom. The summed E-state index contributed by atoms with van der Waals surface area (Å²) >= 11 is 0. The Morgan fingerprint density at radius 2 is 1.79 bits per heavy atom. The topological polar surface area (TPSA) is 26.3 Å². The molecule has 0 aromatic rings. The van der Waals surface area contributed by atoms with Gasteiger partial charge in [-0.1, -0.05) is 34.1 Å². The van der Waals surface area contributed by atoms with Gasteiger partial charge in [-0.05, 0) is 18.8 Å². The van der Waals surface area contributed by atoms with Gasteiger partial charge in [-0.25, -0.2) is 0 Å². The van der Waals surface area contributed by atoms with E-state index in [1.165, 1.54) is 0 Å². The van der Waals surface area contributed by atoms with Crippen LogP contribution in [0.25, 0.3) is 0 Å². The van der Waals surface area contributed by atoms with E-state index in [0.717, 1.165) is 6.42 Å². The largest absolute Gasteiger partial charge is 0.370 e. The number of hydrogen-bond acceptors (Lipinski definition) is 2. The number of hydrogen-bond donors (Lipinski definition) is 0. The van der Waals surface area contributed by atoms with Crippen molar-refractivity contribution < 1.29 is 9.53 Å². The summed E-state index contributed by atoms with van der Waals surface area (Å²) in [6, 6.07) is 0. The van der Waals surface area contributed by atoms with Crippen molar-refractivity contribution in [1.82, 2.24) is 0 Å². The lowest BCUT2D eigenvalue weighted by Crippen LogP contribution is -2.30. The standard InChI is InChI=1S/C12H24O2/c1-6-10(5)8-11(13)12(9(3)4)14-7-2/h9-10,12H,6-8H2,1-5H3. The Kier molecular flexibility index (Phi) is 6.81. The van der Waals surface area contributed by atoms with Gasteiger partial charge in [0, 0.05) is 13.0 Å². The van der Waals surface area contributed by atoms with Crippen molar-refractivity contribution in [2.75, 3.05) is 6.61 Å². The number of carbonyl (C=O) groups excluding carboxylic acids is 1. The number of rotatable bonds is 7. The molecule has 0 aliphatic carbocycles. The first-order chi connectivity index (χ1) is 6.52. The first kappa shape index (κ1) is 13.6. The van der Waals surface area contributed by atoms with Crippen LogP contribution in [0.2, 0.25) is 0 Å². The molecule has 0 aromatic carbocycles. The van der Waals surface area contributed by atoms with Crippen LogP contribution in [-0.4, -0.2) is 18.5 Å². The van der Waals surface area contributed by atoms with Crippen molar-refractivity contribution in [1.29, 1.82) is 0 Å². The van der Waals surface area contributed by atoms with E-state index >= 15 is 0 Å². The number of ether oxygens (including phenoxy) is 1. The summed E-state index contributed by atoms with van der Waals surface area (Å²) < 4.78 is 5.46. The second kappa shape index (κ2) is 6.99. The molecule has 0 saturated heterocycles.